The summed E-state index contributed by atoms with van der Waals surface area (Å²) in [6.45, 7) is 0.115. The molecule has 0 spiro atoms. The van der Waals surface area contributed by atoms with Crippen molar-refractivity contribution in [1.82, 2.24) is 20.1 Å². The number of hydrazine groups is 1. The third kappa shape index (κ3) is 3.89. The third-order valence-corrected chi connectivity index (χ3v) is 5.39. The number of hydrogen-bond donors (Lipinski definition) is 2. The summed E-state index contributed by atoms with van der Waals surface area (Å²) in [4.78, 5) is 28.4. The Labute approximate surface area is 151 Å². The molecule has 2 amide bonds. The number of aromatic nitrogens is 1. The highest BCUT2D eigenvalue weighted by atomic mass is 32.2. The van der Waals surface area contributed by atoms with Gasteiger partial charge in [0, 0.05) is 18.9 Å². The second kappa shape index (κ2) is 7.22. The monoisotopic (exact) mass is 374 g/mol. The van der Waals surface area contributed by atoms with Crippen LogP contribution in [0.2, 0.25) is 0 Å². The van der Waals surface area contributed by atoms with E-state index in [1.807, 2.05) is 24.3 Å². The quantitative estimate of drug-likeness (QED) is 0.748. The maximum Gasteiger partial charge on any atom is 0.271 e. The summed E-state index contributed by atoms with van der Waals surface area (Å²) >= 11 is 0. The molecular formula is C17H18N4O4S. The molecule has 1 aliphatic rings. The summed E-state index contributed by atoms with van der Waals surface area (Å²) in [7, 11) is -3.60. The lowest BCUT2D eigenvalue weighted by Gasteiger charge is -2.34. The normalized spacial score (nSPS) is 17.2. The zero-order valence-electron chi connectivity index (χ0n) is 14.0. The van der Waals surface area contributed by atoms with Crippen LogP contribution in [0.3, 0.4) is 0 Å². The van der Waals surface area contributed by atoms with Gasteiger partial charge < -0.3 is 0 Å². The van der Waals surface area contributed by atoms with Gasteiger partial charge in [-0.3, -0.25) is 25.4 Å². The minimum atomic E-state index is -3.60. The van der Waals surface area contributed by atoms with Gasteiger partial charge in [-0.15, -0.1) is 0 Å². The van der Waals surface area contributed by atoms with Crippen LogP contribution in [0.25, 0.3) is 0 Å². The number of rotatable bonds is 3. The summed E-state index contributed by atoms with van der Waals surface area (Å²) in [6, 6.07) is 9.58. The molecule has 2 heterocycles. The average Bonchev–Trinajstić information content (AvgIpc) is 2.64. The summed E-state index contributed by atoms with van der Waals surface area (Å²) in [6.07, 6.45) is 4.19. The van der Waals surface area contributed by atoms with Crippen LogP contribution in [-0.2, 0) is 27.8 Å². The molecule has 0 fully saturated rings. The molecule has 8 nitrogen and oxygen atoms in total. The van der Waals surface area contributed by atoms with Gasteiger partial charge in [0.1, 0.15) is 6.04 Å². The van der Waals surface area contributed by atoms with Gasteiger partial charge in [-0.05, 0) is 29.7 Å². The van der Waals surface area contributed by atoms with E-state index in [1.54, 1.807) is 12.1 Å². The van der Waals surface area contributed by atoms with Crippen LogP contribution in [0.1, 0.15) is 21.5 Å². The van der Waals surface area contributed by atoms with Gasteiger partial charge in [-0.2, -0.15) is 4.31 Å². The molecule has 0 aliphatic carbocycles. The van der Waals surface area contributed by atoms with Gasteiger partial charge >= 0.3 is 0 Å². The van der Waals surface area contributed by atoms with Crippen LogP contribution in [0.5, 0.6) is 0 Å². The van der Waals surface area contributed by atoms with Crippen LogP contribution in [-0.4, -0.2) is 41.8 Å². The van der Waals surface area contributed by atoms with Crippen molar-refractivity contribution in [2.45, 2.75) is 19.0 Å². The highest BCUT2D eigenvalue weighted by Crippen LogP contribution is 2.25. The van der Waals surface area contributed by atoms with Crippen LogP contribution < -0.4 is 10.9 Å². The molecule has 0 bridgehead atoms. The van der Waals surface area contributed by atoms with E-state index in [0.29, 0.717) is 0 Å². The number of sulfonamides is 1. The molecule has 26 heavy (non-hydrogen) atoms. The number of carbonyl (C=O) groups is 2. The van der Waals surface area contributed by atoms with Crippen molar-refractivity contribution in [1.29, 1.82) is 0 Å². The van der Waals surface area contributed by atoms with E-state index in [4.69, 9.17) is 0 Å². The van der Waals surface area contributed by atoms with Gasteiger partial charge in [-0.25, -0.2) is 8.42 Å². The first-order chi connectivity index (χ1) is 12.4. The van der Waals surface area contributed by atoms with Crippen molar-refractivity contribution in [2.75, 3.05) is 6.26 Å². The van der Waals surface area contributed by atoms with Gasteiger partial charge in [0.25, 0.3) is 11.8 Å². The predicted molar refractivity (Wildman–Crippen MR) is 94.2 cm³/mol. The van der Waals surface area contributed by atoms with Crippen LogP contribution >= 0.6 is 0 Å². The first kappa shape index (κ1) is 18.0. The summed E-state index contributed by atoms with van der Waals surface area (Å²) < 4.78 is 25.4. The topological polar surface area (TPSA) is 108 Å². The average molecular weight is 374 g/mol. The molecule has 0 saturated heterocycles. The molecule has 1 aromatic heterocycles. The minimum Gasteiger partial charge on any atom is -0.271 e. The number of hydrogen-bond acceptors (Lipinski definition) is 5. The molecule has 3 rings (SSSR count). The Bertz CT molecular complexity index is 931. The van der Waals surface area contributed by atoms with Gasteiger partial charge in [-0.1, -0.05) is 24.3 Å². The molecule has 0 saturated carbocycles. The fourth-order valence-corrected chi connectivity index (χ4v) is 3.85. The number of pyridine rings is 1. The van der Waals surface area contributed by atoms with Crippen molar-refractivity contribution in [3.8, 4) is 0 Å². The van der Waals surface area contributed by atoms with E-state index in [0.717, 1.165) is 21.7 Å². The highest BCUT2D eigenvalue weighted by Gasteiger charge is 2.36. The predicted octanol–water partition coefficient (Wildman–Crippen LogP) is 0.229. The van der Waals surface area contributed by atoms with Crippen molar-refractivity contribution < 1.29 is 18.0 Å². The second-order valence-corrected chi connectivity index (χ2v) is 7.92. The standard InChI is InChI=1S/C17H18N4O4S/c1-26(24,25)21-11-14-6-3-2-5-12(14)9-15(21)17(23)20-19-16(22)13-7-4-8-18-10-13/h2-8,10,15H,9,11H2,1H3,(H,19,22)(H,20,23). The van der Waals surface area contributed by atoms with E-state index in [1.165, 1.54) is 12.4 Å². The highest BCUT2D eigenvalue weighted by molar-refractivity contribution is 7.88. The molecule has 2 aromatic rings. The zero-order valence-corrected chi connectivity index (χ0v) is 14.9. The maximum absolute atomic E-state index is 12.6. The fraction of sp³-hybridized carbons (Fsp3) is 0.235. The Hall–Kier alpha value is -2.78. The van der Waals surface area contributed by atoms with Crippen molar-refractivity contribution in [2.24, 2.45) is 0 Å². The van der Waals surface area contributed by atoms with Gasteiger partial charge in [0.05, 0.1) is 11.8 Å². The van der Waals surface area contributed by atoms with Gasteiger partial charge in [0.15, 0.2) is 0 Å². The molecule has 1 aliphatic heterocycles. The molecule has 2 N–H and O–H groups in total. The van der Waals surface area contributed by atoms with E-state index in [9.17, 15) is 18.0 Å². The lowest BCUT2D eigenvalue weighted by atomic mass is 9.95. The van der Waals surface area contributed by atoms with E-state index >= 15 is 0 Å². The fourth-order valence-electron chi connectivity index (χ4n) is 2.84. The summed E-state index contributed by atoms with van der Waals surface area (Å²) in [5, 5.41) is 0. The number of carbonyl (C=O) groups excluding carboxylic acids is 2. The molecule has 1 aromatic carbocycles. The van der Waals surface area contributed by atoms with Crippen LogP contribution in [0.15, 0.2) is 48.8 Å². The summed E-state index contributed by atoms with van der Waals surface area (Å²) in [5.41, 5.74) is 6.65. The largest absolute Gasteiger partial charge is 0.271 e. The van der Waals surface area contributed by atoms with E-state index in [2.05, 4.69) is 15.8 Å². The maximum atomic E-state index is 12.6. The molecular weight excluding hydrogens is 356 g/mol. The first-order valence-corrected chi connectivity index (χ1v) is 9.75. The Morgan fingerprint density at radius 1 is 1.12 bits per heavy atom. The molecule has 0 radical (unpaired) electrons. The third-order valence-electron chi connectivity index (χ3n) is 4.16. The lowest BCUT2D eigenvalue weighted by molar-refractivity contribution is -0.126. The van der Waals surface area contributed by atoms with Gasteiger partial charge in [0.2, 0.25) is 10.0 Å². The summed E-state index contributed by atoms with van der Waals surface area (Å²) in [5.74, 6) is -1.13. The zero-order chi connectivity index (χ0) is 18.7. The smallest absolute Gasteiger partial charge is 0.271 e. The lowest BCUT2D eigenvalue weighted by Crippen LogP contribution is -2.55. The second-order valence-electron chi connectivity index (χ2n) is 5.98. The Balaban J connectivity index is 1.75. The van der Waals surface area contributed by atoms with E-state index in [-0.39, 0.29) is 18.5 Å². The molecule has 136 valence electrons. The van der Waals surface area contributed by atoms with Crippen LogP contribution in [0.4, 0.5) is 0 Å². The SMILES string of the molecule is CS(=O)(=O)N1Cc2ccccc2CC1C(=O)NNC(=O)c1cccnc1. The molecule has 1 atom stereocenters. The molecule has 9 heteroatoms. The Kier molecular flexibility index (Phi) is 5.01. The Morgan fingerprint density at radius 2 is 1.85 bits per heavy atom. The number of fused-ring (bicyclic) bond motifs is 1. The number of nitrogens with zero attached hydrogens (tertiary/aromatic N) is 2. The van der Waals surface area contributed by atoms with Crippen molar-refractivity contribution in [3.05, 3.63) is 65.5 Å². The first-order valence-electron chi connectivity index (χ1n) is 7.90. The van der Waals surface area contributed by atoms with Crippen LogP contribution in [0, 0.1) is 0 Å². The minimum absolute atomic E-state index is 0.115. The number of amides is 2. The number of benzene rings is 1. The van der Waals surface area contributed by atoms with E-state index < -0.39 is 27.9 Å². The number of nitrogens with one attached hydrogen (secondary N) is 2. The Morgan fingerprint density at radius 3 is 2.50 bits per heavy atom. The molecule has 1 unspecified atom stereocenters. The van der Waals surface area contributed by atoms with Crippen molar-refractivity contribution in [3.63, 3.8) is 0 Å². The van der Waals surface area contributed by atoms with Crippen molar-refractivity contribution >= 4 is 21.8 Å².